The van der Waals surface area contributed by atoms with Crippen molar-refractivity contribution in [2.75, 3.05) is 59.0 Å². The fraction of sp³-hybridized carbons (Fsp3) is 0.857. The summed E-state index contributed by atoms with van der Waals surface area (Å²) in [6.07, 6.45) is 0.981. The highest BCUT2D eigenvalue weighted by Crippen LogP contribution is 2.08. The van der Waals surface area contributed by atoms with Crippen LogP contribution in [0.1, 0.15) is 13.3 Å². The van der Waals surface area contributed by atoms with Gasteiger partial charge in [-0.1, -0.05) is 0 Å². The summed E-state index contributed by atoms with van der Waals surface area (Å²) in [5.41, 5.74) is 0. The van der Waals surface area contributed by atoms with E-state index in [9.17, 15) is 9.59 Å². The van der Waals surface area contributed by atoms with E-state index >= 15 is 0 Å². The third-order valence-corrected chi connectivity index (χ3v) is 3.92. The van der Waals surface area contributed by atoms with Crippen LogP contribution < -0.4 is 10.6 Å². The van der Waals surface area contributed by atoms with Crippen molar-refractivity contribution in [3.63, 3.8) is 0 Å². The molecule has 7 heteroatoms. The minimum absolute atomic E-state index is 0.0532. The summed E-state index contributed by atoms with van der Waals surface area (Å²) in [6, 6.07) is -0.354. The Morgan fingerprint density at radius 3 is 2.95 bits per heavy atom. The van der Waals surface area contributed by atoms with E-state index < -0.39 is 0 Å². The zero-order valence-corrected chi connectivity index (χ0v) is 12.8. The first kappa shape index (κ1) is 16.2. The summed E-state index contributed by atoms with van der Waals surface area (Å²) >= 11 is 0. The summed E-state index contributed by atoms with van der Waals surface area (Å²) in [5, 5.41) is 6.10. The topological polar surface area (TPSA) is 73.9 Å². The number of hydrogen-bond donors (Lipinski definition) is 2. The normalized spacial score (nSPS) is 24.4. The van der Waals surface area contributed by atoms with E-state index in [1.54, 1.807) is 0 Å². The first-order valence-electron chi connectivity index (χ1n) is 7.80. The van der Waals surface area contributed by atoms with Crippen LogP contribution in [0.2, 0.25) is 0 Å². The third-order valence-electron chi connectivity index (χ3n) is 3.92. The smallest absolute Gasteiger partial charge is 0.239 e. The van der Waals surface area contributed by atoms with Gasteiger partial charge in [-0.05, 0) is 19.9 Å². The largest absolute Gasteiger partial charge is 0.378 e. The number of hydrogen-bond acceptors (Lipinski definition) is 5. The lowest BCUT2D eigenvalue weighted by Gasteiger charge is -2.35. The van der Waals surface area contributed by atoms with Gasteiger partial charge >= 0.3 is 0 Å². The number of ether oxygens (including phenoxy) is 1. The molecule has 21 heavy (non-hydrogen) atoms. The minimum Gasteiger partial charge on any atom is -0.378 e. The molecule has 7 nitrogen and oxygen atoms in total. The first-order valence-corrected chi connectivity index (χ1v) is 7.80. The molecule has 2 saturated heterocycles. The fourth-order valence-corrected chi connectivity index (χ4v) is 2.73. The zero-order valence-electron chi connectivity index (χ0n) is 12.8. The molecule has 0 aliphatic carbocycles. The van der Waals surface area contributed by atoms with Gasteiger partial charge in [-0.25, -0.2) is 0 Å². The van der Waals surface area contributed by atoms with Crippen molar-refractivity contribution >= 4 is 11.8 Å². The van der Waals surface area contributed by atoms with Gasteiger partial charge < -0.3 is 20.3 Å². The summed E-state index contributed by atoms with van der Waals surface area (Å²) in [5.74, 6) is 0.0532. The highest BCUT2D eigenvalue weighted by molar-refractivity contribution is 5.84. The van der Waals surface area contributed by atoms with E-state index in [1.165, 1.54) is 0 Å². The van der Waals surface area contributed by atoms with Crippen LogP contribution >= 0.6 is 0 Å². The molecule has 0 saturated carbocycles. The van der Waals surface area contributed by atoms with Gasteiger partial charge in [0, 0.05) is 32.7 Å². The Morgan fingerprint density at radius 1 is 1.29 bits per heavy atom. The van der Waals surface area contributed by atoms with E-state index in [1.807, 2.05) is 16.7 Å². The molecule has 1 atom stereocenters. The second kappa shape index (κ2) is 8.31. The van der Waals surface area contributed by atoms with E-state index in [0.29, 0.717) is 32.8 Å². The van der Waals surface area contributed by atoms with Gasteiger partial charge in [0.2, 0.25) is 11.8 Å². The van der Waals surface area contributed by atoms with E-state index in [4.69, 9.17) is 4.74 Å². The number of nitrogens with one attached hydrogen (secondary N) is 2. The molecule has 2 aliphatic heterocycles. The minimum atomic E-state index is -0.354. The molecule has 0 aromatic rings. The maximum atomic E-state index is 12.4. The Kier molecular flexibility index (Phi) is 6.41. The molecule has 2 fully saturated rings. The quantitative estimate of drug-likeness (QED) is 0.671. The molecule has 0 aromatic carbocycles. The molecule has 0 aromatic heterocycles. The van der Waals surface area contributed by atoms with Crippen LogP contribution in [0.4, 0.5) is 0 Å². The molecule has 0 spiro atoms. The van der Waals surface area contributed by atoms with Gasteiger partial charge in [-0.15, -0.1) is 0 Å². The first-order chi connectivity index (χ1) is 10.2. The number of carbonyl (C=O) groups is 2. The molecular formula is C14H26N4O3. The van der Waals surface area contributed by atoms with Crippen molar-refractivity contribution in [3.8, 4) is 0 Å². The van der Waals surface area contributed by atoms with Crippen LogP contribution in [-0.2, 0) is 14.3 Å². The lowest BCUT2D eigenvalue weighted by molar-refractivity contribution is -0.139. The van der Waals surface area contributed by atoms with Gasteiger partial charge in [0.1, 0.15) is 6.04 Å². The van der Waals surface area contributed by atoms with Gasteiger partial charge in [0.05, 0.1) is 19.8 Å². The SMILES string of the molecule is CCNC(=O)C1COCCN1CC(=O)N1CCCNCC1. The van der Waals surface area contributed by atoms with Crippen LogP contribution in [0.25, 0.3) is 0 Å². The zero-order chi connectivity index (χ0) is 15.1. The average molecular weight is 298 g/mol. The van der Waals surface area contributed by atoms with Gasteiger partial charge in [0.25, 0.3) is 0 Å². The molecule has 0 radical (unpaired) electrons. The van der Waals surface area contributed by atoms with Gasteiger partial charge in [-0.3, -0.25) is 14.5 Å². The Balaban J connectivity index is 1.91. The highest BCUT2D eigenvalue weighted by atomic mass is 16.5. The lowest BCUT2D eigenvalue weighted by atomic mass is 10.2. The summed E-state index contributed by atoms with van der Waals surface area (Å²) in [4.78, 5) is 28.3. The van der Waals surface area contributed by atoms with Crippen molar-refractivity contribution in [3.05, 3.63) is 0 Å². The number of amides is 2. The molecule has 2 amide bonds. The maximum Gasteiger partial charge on any atom is 0.239 e. The molecule has 2 heterocycles. The van der Waals surface area contributed by atoms with Crippen molar-refractivity contribution < 1.29 is 14.3 Å². The van der Waals surface area contributed by atoms with Crippen molar-refractivity contribution in [1.82, 2.24) is 20.4 Å². The van der Waals surface area contributed by atoms with Crippen LogP contribution in [-0.4, -0.2) is 86.7 Å². The molecule has 2 N–H and O–H groups in total. The van der Waals surface area contributed by atoms with Crippen LogP contribution in [0, 0.1) is 0 Å². The van der Waals surface area contributed by atoms with Crippen LogP contribution in [0.15, 0.2) is 0 Å². The third kappa shape index (κ3) is 4.66. The molecular weight excluding hydrogens is 272 g/mol. The Bertz CT molecular complexity index is 356. The predicted molar refractivity (Wildman–Crippen MR) is 78.9 cm³/mol. The summed E-state index contributed by atoms with van der Waals surface area (Å²) < 4.78 is 5.39. The lowest BCUT2D eigenvalue weighted by Crippen LogP contribution is -2.56. The predicted octanol–water partition coefficient (Wildman–Crippen LogP) is -1.35. The summed E-state index contributed by atoms with van der Waals surface area (Å²) in [7, 11) is 0. The Labute approximate surface area is 126 Å². The second-order valence-electron chi connectivity index (χ2n) is 5.44. The number of morpholine rings is 1. The second-order valence-corrected chi connectivity index (χ2v) is 5.44. The Hall–Kier alpha value is -1.18. The highest BCUT2D eigenvalue weighted by Gasteiger charge is 2.31. The number of likely N-dealkylation sites (N-methyl/N-ethyl adjacent to an activating group) is 1. The number of nitrogens with zero attached hydrogens (tertiary/aromatic N) is 2. The monoisotopic (exact) mass is 298 g/mol. The number of rotatable bonds is 4. The molecule has 2 aliphatic rings. The van der Waals surface area contributed by atoms with Crippen LogP contribution in [0.5, 0.6) is 0 Å². The fourth-order valence-electron chi connectivity index (χ4n) is 2.73. The van der Waals surface area contributed by atoms with E-state index in [-0.39, 0.29) is 17.9 Å². The van der Waals surface area contributed by atoms with Crippen molar-refractivity contribution in [2.45, 2.75) is 19.4 Å². The van der Waals surface area contributed by atoms with Gasteiger partial charge in [-0.2, -0.15) is 0 Å². The Morgan fingerprint density at radius 2 is 2.14 bits per heavy atom. The van der Waals surface area contributed by atoms with Crippen molar-refractivity contribution in [1.29, 1.82) is 0 Å². The molecule has 120 valence electrons. The van der Waals surface area contributed by atoms with E-state index in [0.717, 1.165) is 32.6 Å². The number of carbonyl (C=O) groups excluding carboxylic acids is 2. The maximum absolute atomic E-state index is 12.4. The average Bonchev–Trinajstić information content (AvgIpc) is 2.77. The standard InChI is InChI=1S/C14H26N4O3/c1-2-16-14(20)12-11-21-9-8-18(12)10-13(19)17-6-3-4-15-5-7-17/h12,15H,2-11H2,1H3,(H,16,20). The summed E-state index contributed by atoms with van der Waals surface area (Å²) in [6.45, 7) is 7.68. The van der Waals surface area contributed by atoms with Crippen LogP contribution in [0.3, 0.4) is 0 Å². The van der Waals surface area contributed by atoms with Crippen molar-refractivity contribution in [2.24, 2.45) is 0 Å². The molecule has 2 rings (SSSR count). The molecule has 0 bridgehead atoms. The van der Waals surface area contributed by atoms with E-state index in [2.05, 4.69) is 10.6 Å². The van der Waals surface area contributed by atoms with Gasteiger partial charge in [0.15, 0.2) is 0 Å². The molecule has 1 unspecified atom stereocenters.